The predicted octanol–water partition coefficient (Wildman–Crippen LogP) is 3.37. The predicted molar refractivity (Wildman–Crippen MR) is 132 cm³/mol. The van der Waals surface area contributed by atoms with Crippen molar-refractivity contribution in [2.24, 2.45) is 4.99 Å². The van der Waals surface area contributed by atoms with Crippen LogP contribution in [0.25, 0.3) is 0 Å². The molecule has 1 aliphatic heterocycles. The fourth-order valence-electron chi connectivity index (χ4n) is 3.45. The Bertz CT molecular complexity index is 612. The number of hydrogen-bond donors (Lipinski definition) is 3. The van der Waals surface area contributed by atoms with Crippen molar-refractivity contribution in [3.8, 4) is 0 Å². The zero-order chi connectivity index (χ0) is 20.2. The molecule has 0 aromatic heterocycles. The normalized spacial score (nSPS) is 15.5. The average Bonchev–Trinajstić information content (AvgIpc) is 2.73. The molecule has 1 aliphatic rings. The van der Waals surface area contributed by atoms with Crippen LogP contribution in [0, 0.1) is 0 Å². The molecule has 0 atom stereocenters. The zero-order valence-electron chi connectivity index (χ0n) is 18.2. The van der Waals surface area contributed by atoms with Gasteiger partial charge in [-0.25, -0.2) is 0 Å². The average molecular weight is 515 g/mol. The molecule has 3 N–H and O–H groups in total. The number of benzene rings is 1. The highest BCUT2D eigenvalue weighted by atomic mass is 127. The van der Waals surface area contributed by atoms with Crippen LogP contribution in [0.3, 0.4) is 0 Å². The van der Waals surface area contributed by atoms with Gasteiger partial charge in [-0.15, -0.1) is 24.0 Å². The Labute approximate surface area is 193 Å². The summed E-state index contributed by atoms with van der Waals surface area (Å²) in [6, 6.07) is 8.25. The van der Waals surface area contributed by atoms with Crippen LogP contribution < -0.4 is 16.0 Å². The van der Waals surface area contributed by atoms with Gasteiger partial charge in [0.15, 0.2) is 5.96 Å². The van der Waals surface area contributed by atoms with E-state index in [1.54, 1.807) is 0 Å². The number of aliphatic imine (C=N–C) groups is 1. The minimum absolute atomic E-state index is 0. The van der Waals surface area contributed by atoms with Gasteiger partial charge in [0.05, 0.1) is 0 Å². The molecule has 0 radical (unpaired) electrons. The molecule has 1 heterocycles. The van der Waals surface area contributed by atoms with Crippen molar-refractivity contribution < 1.29 is 4.79 Å². The second kappa shape index (κ2) is 14.6. The van der Waals surface area contributed by atoms with E-state index in [0.717, 1.165) is 56.8 Å². The fraction of sp³-hybridized carbons (Fsp3) is 0.636. The van der Waals surface area contributed by atoms with Gasteiger partial charge in [-0.1, -0.05) is 32.4 Å². The Balaban J connectivity index is 0.00000420. The van der Waals surface area contributed by atoms with Crippen LogP contribution in [-0.4, -0.2) is 56.0 Å². The molecule has 6 nitrogen and oxygen atoms in total. The summed E-state index contributed by atoms with van der Waals surface area (Å²) in [4.78, 5) is 19.0. The number of nitrogens with one attached hydrogen (secondary N) is 3. The highest BCUT2D eigenvalue weighted by Gasteiger charge is 2.19. The number of nitrogens with zero attached hydrogens (tertiary/aromatic N) is 2. The second-order valence-electron chi connectivity index (χ2n) is 7.49. The standard InChI is InChI=1S/C22H37N5O.HI/c1-4-6-13-24-21(28)19-9-7-18(8-10-19)17-25-22(23-3)26-20-11-15-27(14-5-2)16-12-20;/h7-10,20H,4-6,11-17H2,1-3H3,(H,24,28)(H2,23,25,26);1H. The maximum absolute atomic E-state index is 12.1. The van der Waals surface area contributed by atoms with Gasteiger partial charge in [-0.05, 0) is 49.9 Å². The van der Waals surface area contributed by atoms with E-state index in [4.69, 9.17) is 0 Å². The summed E-state index contributed by atoms with van der Waals surface area (Å²) >= 11 is 0. The number of carbonyl (C=O) groups excluding carboxylic acids is 1. The minimum atomic E-state index is -0.000138. The third-order valence-electron chi connectivity index (χ3n) is 5.18. The molecule has 1 aromatic rings. The van der Waals surface area contributed by atoms with Crippen LogP contribution in [0.15, 0.2) is 29.3 Å². The van der Waals surface area contributed by atoms with Crippen molar-refractivity contribution in [2.75, 3.05) is 33.2 Å². The van der Waals surface area contributed by atoms with E-state index < -0.39 is 0 Å². The molecular weight excluding hydrogens is 477 g/mol. The number of likely N-dealkylation sites (tertiary alicyclic amines) is 1. The Kier molecular flexibility index (Phi) is 12.9. The minimum Gasteiger partial charge on any atom is -0.354 e. The second-order valence-corrected chi connectivity index (χ2v) is 7.49. The highest BCUT2D eigenvalue weighted by molar-refractivity contribution is 14.0. The summed E-state index contributed by atoms with van der Waals surface area (Å²) in [5.41, 5.74) is 1.84. The summed E-state index contributed by atoms with van der Waals surface area (Å²) in [6.07, 6.45) is 5.63. The summed E-state index contributed by atoms with van der Waals surface area (Å²) < 4.78 is 0. The van der Waals surface area contributed by atoms with E-state index in [1.807, 2.05) is 31.3 Å². The molecule has 1 aromatic carbocycles. The number of hydrogen-bond acceptors (Lipinski definition) is 3. The van der Waals surface area contributed by atoms with Crippen LogP contribution in [0.5, 0.6) is 0 Å². The van der Waals surface area contributed by atoms with E-state index in [9.17, 15) is 4.79 Å². The van der Waals surface area contributed by atoms with Gasteiger partial charge in [0.25, 0.3) is 5.91 Å². The number of unbranched alkanes of at least 4 members (excludes halogenated alkanes) is 1. The quantitative estimate of drug-likeness (QED) is 0.204. The molecule has 1 fully saturated rings. The molecule has 7 heteroatoms. The molecule has 1 saturated heterocycles. The van der Waals surface area contributed by atoms with Crippen LogP contribution >= 0.6 is 24.0 Å². The topological polar surface area (TPSA) is 68.8 Å². The monoisotopic (exact) mass is 515 g/mol. The molecule has 164 valence electrons. The van der Waals surface area contributed by atoms with Crippen molar-refractivity contribution in [3.63, 3.8) is 0 Å². The number of guanidine groups is 1. The molecule has 0 bridgehead atoms. The SMILES string of the molecule is CCCCNC(=O)c1ccc(CNC(=NC)NC2CCN(CCC)CC2)cc1.I. The lowest BCUT2D eigenvalue weighted by Gasteiger charge is -2.32. The van der Waals surface area contributed by atoms with Gasteiger partial charge >= 0.3 is 0 Å². The van der Waals surface area contributed by atoms with Crippen LogP contribution in [0.4, 0.5) is 0 Å². The fourth-order valence-corrected chi connectivity index (χ4v) is 3.45. The maximum atomic E-state index is 12.1. The van der Waals surface area contributed by atoms with Crippen LogP contribution in [0.2, 0.25) is 0 Å². The first kappa shape index (κ1) is 25.7. The van der Waals surface area contributed by atoms with Crippen molar-refractivity contribution >= 4 is 35.8 Å². The van der Waals surface area contributed by atoms with Gasteiger partial charge in [0, 0.05) is 44.8 Å². The molecule has 0 saturated carbocycles. The lowest BCUT2D eigenvalue weighted by molar-refractivity contribution is 0.0953. The first-order valence-electron chi connectivity index (χ1n) is 10.7. The van der Waals surface area contributed by atoms with Crippen molar-refractivity contribution in [1.29, 1.82) is 0 Å². The molecule has 29 heavy (non-hydrogen) atoms. The van der Waals surface area contributed by atoms with Crippen molar-refractivity contribution in [3.05, 3.63) is 35.4 Å². The Hall–Kier alpha value is -1.35. The number of rotatable bonds is 9. The summed E-state index contributed by atoms with van der Waals surface area (Å²) in [5.74, 6) is 0.843. The zero-order valence-corrected chi connectivity index (χ0v) is 20.5. The Morgan fingerprint density at radius 1 is 1.10 bits per heavy atom. The first-order chi connectivity index (χ1) is 13.7. The number of amides is 1. The van der Waals surface area contributed by atoms with Crippen LogP contribution in [0.1, 0.15) is 61.9 Å². The molecule has 1 amide bonds. The van der Waals surface area contributed by atoms with Crippen LogP contribution in [-0.2, 0) is 6.54 Å². The molecule has 0 spiro atoms. The van der Waals surface area contributed by atoms with E-state index in [0.29, 0.717) is 18.2 Å². The van der Waals surface area contributed by atoms with E-state index >= 15 is 0 Å². The van der Waals surface area contributed by atoms with Gasteiger partial charge in [-0.2, -0.15) is 0 Å². The van der Waals surface area contributed by atoms with Gasteiger partial charge in [-0.3, -0.25) is 9.79 Å². The third-order valence-corrected chi connectivity index (χ3v) is 5.18. The van der Waals surface area contributed by atoms with Crippen molar-refractivity contribution in [2.45, 2.75) is 58.5 Å². The Morgan fingerprint density at radius 3 is 2.38 bits per heavy atom. The molecular formula is C22H38IN5O. The first-order valence-corrected chi connectivity index (χ1v) is 10.7. The Morgan fingerprint density at radius 2 is 1.79 bits per heavy atom. The summed E-state index contributed by atoms with van der Waals surface area (Å²) in [5, 5.41) is 9.88. The van der Waals surface area contributed by atoms with E-state index in [2.05, 4.69) is 39.7 Å². The molecule has 2 rings (SSSR count). The van der Waals surface area contributed by atoms with E-state index in [1.165, 1.54) is 13.0 Å². The van der Waals surface area contributed by atoms with Crippen molar-refractivity contribution in [1.82, 2.24) is 20.9 Å². The lowest BCUT2D eigenvalue weighted by atomic mass is 10.1. The molecule has 0 aliphatic carbocycles. The number of carbonyl (C=O) groups is 1. The van der Waals surface area contributed by atoms with Gasteiger partial charge in [0.2, 0.25) is 0 Å². The summed E-state index contributed by atoms with van der Waals surface area (Å²) in [6.45, 7) is 9.29. The number of halogens is 1. The van der Waals surface area contributed by atoms with Gasteiger partial charge in [0.1, 0.15) is 0 Å². The number of piperidine rings is 1. The third kappa shape index (κ3) is 9.33. The lowest BCUT2D eigenvalue weighted by Crippen LogP contribution is -2.48. The largest absolute Gasteiger partial charge is 0.354 e. The summed E-state index contributed by atoms with van der Waals surface area (Å²) in [7, 11) is 1.81. The van der Waals surface area contributed by atoms with Gasteiger partial charge < -0.3 is 20.9 Å². The van der Waals surface area contributed by atoms with E-state index in [-0.39, 0.29) is 29.9 Å². The highest BCUT2D eigenvalue weighted by Crippen LogP contribution is 2.10. The maximum Gasteiger partial charge on any atom is 0.251 e. The smallest absolute Gasteiger partial charge is 0.251 e. The molecule has 0 unspecified atom stereocenters.